The predicted octanol–water partition coefficient (Wildman–Crippen LogP) is 3.94. The molecule has 0 aliphatic carbocycles. The van der Waals surface area contributed by atoms with E-state index in [1.807, 2.05) is 36.4 Å². The van der Waals surface area contributed by atoms with E-state index in [0.29, 0.717) is 18.7 Å². The standard InChI is InChI=1S/C20H23NO4/c22-20(23)16-10-8-15(9-11-16)13-21-18-6-1-2-7-19(18)25-14-17-5-3-4-12-24-17/h1-2,6-11,17,21H,3-5,12-14H2,(H,22,23). The lowest BCUT2D eigenvalue weighted by Gasteiger charge is -2.23. The number of aromatic carboxylic acids is 1. The van der Waals surface area contributed by atoms with E-state index in [0.717, 1.165) is 36.4 Å². The van der Waals surface area contributed by atoms with Crippen LogP contribution in [0.2, 0.25) is 0 Å². The van der Waals surface area contributed by atoms with Crippen LogP contribution in [0.1, 0.15) is 35.2 Å². The number of benzene rings is 2. The van der Waals surface area contributed by atoms with Crippen molar-refractivity contribution in [3.63, 3.8) is 0 Å². The molecule has 1 aliphatic heterocycles. The number of anilines is 1. The van der Waals surface area contributed by atoms with Crippen molar-refractivity contribution >= 4 is 11.7 Å². The molecule has 0 bridgehead atoms. The predicted molar refractivity (Wildman–Crippen MR) is 96.3 cm³/mol. The van der Waals surface area contributed by atoms with E-state index in [4.69, 9.17) is 14.6 Å². The Kier molecular flexibility index (Phi) is 5.90. The Morgan fingerprint density at radius 3 is 2.68 bits per heavy atom. The van der Waals surface area contributed by atoms with Gasteiger partial charge in [0.15, 0.2) is 0 Å². The number of carboxylic acids is 1. The van der Waals surface area contributed by atoms with Crippen LogP contribution in [0.3, 0.4) is 0 Å². The van der Waals surface area contributed by atoms with Gasteiger partial charge in [-0.3, -0.25) is 0 Å². The quantitative estimate of drug-likeness (QED) is 0.798. The van der Waals surface area contributed by atoms with Gasteiger partial charge in [-0.1, -0.05) is 24.3 Å². The minimum atomic E-state index is -0.914. The summed E-state index contributed by atoms with van der Waals surface area (Å²) in [6.07, 6.45) is 3.55. The summed E-state index contributed by atoms with van der Waals surface area (Å²) in [5, 5.41) is 12.3. The van der Waals surface area contributed by atoms with Crippen molar-refractivity contribution < 1.29 is 19.4 Å². The second kappa shape index (κ2) is 8.53. The molecule has 1 unspecified atom stereocenters. The molecule has 2 N–H and O–H groups in total. The molecule has 1 atom stereocenters. The number of hydrogen-bond acceptors (Lipinski definition) is 4. The molecule has 5 nitrogen and oxygen atoms in total. The minimum Gasteiger partial charge on any atom is -0.489 e. The van der Waals surface area contributed by atoms with E-state index in [1.165, 1.54) is 6.42 Å². The Hall–Kier alpha value is -2.53. The normalized spacial score (nSPS) is 17.0. The summed E-state index contributed by atoms with van der Waals surface area (Å²) in [5.41, 5.74) is 2.22. The van der Waals surface area contributed by atoms with Crippen molar-refractivity contribution in [3.05, 3.63) is 59.7 Å². The molecule has 1 aliphatic rings. The van der Waals surface area contributed by atoms with Crippen LogP contribution in [0.4, 0.5) is 5.69 Å². The molecule has 3 rings (SSSR count). The summed E-state index contributed by atoms with van der Waals surface area (Å²) >= 11 is 0. The zero-order valence-electron chi connectivity index (χ0n) is 14.1. The van der Waals surface area contributed by atoms with Crippen molar-refractivity contribution in [1.82, 2.24) is 0 Å². The SMILES string of the molecule is O=C(O)c1ccc(CNc2ccccc2OCC2CCCCO2)cc1. The van der Waals surface area contributed by atoms with Gasteiger partial charge in [-0.25, -0.2) is 4.79 Å². The number of hydrogen-bond donors (Lipinski definition) is 2. The van der Waals surface area contributed by atoms with Crippen LogP contribution in [0.5, 0.6) is 5.75 Å². The summed E-state index contributed by atoms with van der Waals surface area (Å²) in [7, 11) is 0. The second-order valence-corrected chi connectivity index (χ2v) is 6.15. The molecule has 1 heterocycles. The lowest BCUT2D eigenvalue weighted by molar-refractivity contribution is -0.0109. The summed E-state index contributed by atoms with van der Waals surface area (Å²) in [5.74, 6) is -0.109. The van der Waals surface area contributed by atoms with Crippen molar-refractivity contribution in [2.45, 2.75) is 31.9 Å². The van der Waals surface area contributed by atoms with E-state index in [-0.39, 0.29) is 6.10 Å². The van der Waals surface area contributed by atoms with Crippen LogP contribution in [-0.4, -0.2) is 30.4 Å². The fraction of sp³-hybridized carbons (Fsp3) is 0.350. The second-order valence-electron chi connectivity index (χ2n) is 6.15. The fourth-order valence-electron chi connectivity index (χ4n) is 2.82. The third-order valence-corrected chi connectivity index (χ3v) is 4.27. The first kappa shape index (κ1) is 17.3. The largest absolute Gasteiger partial charge is 0.489 e. The van der Waals surface area contributed by atoms with Gasteiger partial charge in [-0.05, 0) is 49.1 Å². The minimum absolute atomic E-state index is 0.172. The van der Waals surface area contributed by atoms with Crippen LogP contribution in [0.25, 0.3) is 0 Å². The molecule has 25 heavy (non-hydrogen) atoms. The fourth-order valence-corrected chi connectivity index (χ4v) is 2.82. The van der Waals surface area contributed by atoms with Crippen molar-refractivity contribution in [2.24, 2.45) is 0 Å². The van der Waals surface area contributed by atoms with E-state index in [2.05, 4.69) is 5.32 Å². The molecule has 5 heteroatoms. The van der Waals surface area contributed by atoms with Crippen molar-refractivity contribution in [1.29, 1.82) is 0 Å². The zero-order valence-corrected chi connectivity index (χ0v) is 14.1. The Bertz CT molecular complexity index is 693. The van der Waals surface area contributed by atoms with Crippen LogP contribution in [0, 0.1) is 0 Å². The van der Waals surface area contributed by atoms with E-state index in [1.54, 1.807) is 12.1 Å². The number of nitrogens with one attached hydrogen (secondary N) is 1. The molecule has 0 spiro atoms. The molecule has 1 fully saturated rings. The van der Waals surface area contributed by atoms with Crippen LogP contribution < -0.4 is 10.1 Å². The number of carboxylic acid groups (broad SMARTS) is 1. The molecule has 132 valence electrons. The average Bonchev–Trinajstić information content (AvgIpc) is 2.66. The van der Waals surface area contributed by atoms with E-state index < -0.39 is 5.97 Å². The van der Waals surface area contributed by atoms with Gasteiger partial charge in [0.05, 0.1) is 17.4 Å². The van der Waals surface area contributed by atoms with Gasteiger partial charge in [-0.15, -0.1) is 0 Å². The number of rotatable bonds is 7. The summed E-state index contributed by atoms with van der Waals surface area (Å²) in [4.78, 5) is 10.9. The highest BCUT2D eigenvalue weighted by molar-refractivity contribution is 5.87. The Morgan fingerprint density at radius 1 is 1.16 bits per heavy atom. The highest BCUT2D eigenvalue weighted by atomic mass is 16.5. The Balaban J connectivity index is 1.57. The molecule has 0 aromatic heterocycles. The van der Waals surface area contributed by atoms with Gasteiger partial charge < -0.3 is 19.9 Å². The average molecular weight is 341 g/mol. The maximum absolute atomic E-state index is 10.9. The molecule has 0 amide bonds. The van der Waals surface area contributed by atoms with E-state index in [9.17, 15) is 4.79 Å². The van der Waals surface area contributed by atoms with Crippen LogP contribution >= 0.6 is 0 Å². The highest BCUT2D eigenvalue weighted by Crippen LogP contribution is 2.25. The summed E-state index contributed by atoms with van der Waals surface area (Å²) in [6.45, 7) is 1.98. The smallest absolute Gasteiger partial charge is 0.335 e. The number of carbonyl (C=O) groups is 1. The third kappa shape index (κ3) is 4.97. The lowest BCUT2D eigenvalue weighted by Crippen LogP contribution is -2.26. The van der Waals surface area contributed by atoms with Gasteiger partial charge in [0.2, 0.25) is 0 Å². The number of para-hydroxylation sites is 2. The highest BCUT2D eigenvalue weighted by Gasteiger charge is 2.15. The van der Waals surface area contributed by atoms with Crippen molar-refractivity contribution in [3.8, 4) is 5.75 Å². The van der Waals surface area contributed by atoms with E-state index >= 15 is 0 Å². The van der Waals surface area contributed by atoms with Gasteiger partial charge in [0.25, 0.3) is 0 Å². The summed E-state index contributed by atoms with van der Waals surface area (Å²) in [6, 6.07) is 14.7. The zero-order chi connectivity index (χ0) is 17.5. The molecule has 1 saturated heterocycles. The van der Waals surface area contributed by atoms with Crippen LogP contribution in [-0.2, 0) is 11.3 Å². The number of ether oxygens (including phenoxy) is 2. The first-order valence-electron chi connectivity index (χ1n) is 8.62. The molecule has 0 saturated carbocycles. The molecule has 0 radical (unpaired) electrons. The Morgan fingerprint density at radius 2 is 1.96 bits per heavy atom. The molecule has 2 aromatic rings. The van der Waals surface area contributed by atoms with Gasteiger partial charge in [0.1, 0.15) is 12.4 Å². The van der Waals surface area contributed by atoms with Crippen molar-refractivity contribution in [2.75, 3.05) is 18.5 Å². The van der Waals surface area contributed by atoms with Gasteiger partial charge in [-0.2, -0.15) is 0 Å². The molecular formula is C20H23NO4. The summed E-state index contributed by atoms with van der Waals surface area (Å²) < 4.78 is 11.7. The van der Waals surface area contributed by atoms with Crippen LogP contribution in [0.15, 0.2) is 48.5 Å². The third-order valence-electron chi connectivity index (χ3n) is 4.27. The topological polar surface area (TPSA) is 67.8 Å². The maximum atomic E-state index is 10.9. The monoisotopic (exact) mass is 341 g/mol. The lowest BCUT2D eigenvalue weighted by atomic mass is 10.1. The van der Waals surface area contributed by atoms with Gasteiger partial charge >= 0.3 is 5.97 Å². The maximum Gasteiger partial charge on any atom is 0.335 e. The van der Waals surface area contributed by atoms with Gasteiger partial charge in [0, 0.05) is 13.2 Å². The molecule has 2 aromatic carbocycles. The Labute approximate surface area is 147 Å². The first-order chi connectivity index (χ1) is 12.2. The first-order valence-corrected chi connectivity index (χ1v) is 8.62. The molecular weight excluding hydrogens is 318 g/mol.